The molecule has 0 unspecified atom stereocenters. The van der Waals surface area contributed by atoms with Gasteiger partial charge in [0.15, 0.2) is 0 Å². The van der Waals surface area contributed by atoms with Crippen LogP contribution in [0.2, 0.25) is 0 Å². The van der Waals surface area contributed by atoms with Gasteiger partial charge in [0.2, 0.25) is 0 Å². The lowest BCUT2D eigenvalue weighted by Gasteiger charge is -2.22. The fraction of sp³-hybridized carbons (Fsp3) is 0.615. The van der Waals surface area contributed by atoms with Gasteiger partial charge < -0.3 is 0 Å². The molecular formula is C13H21N. The molecule has 0 spiro atoms. The Morgan fingerprint density at radius 2 is 1.43 bits per heavy atom. The predicted molar refractivity (Wildman–Crippen MR) is 61.6 cm³/mol. The SMILES string of the molecule is CC(C)(C)c1ccc(C(C)(C)C)nc1. The van der Waals surface area contributed by atoms with Gasteiger partial charge in [-0.15, -0.1) is 0 Å². The van der Waals surface area contributed by atoms with Gasteiger partial charge in [-0.2, -0.15) is 0 Å². The molecule has 1 heteroatoms. The maximum absolute atomic E-state index is 4.52. The average Bonchev–Trinajstić information content (AvgIpc) is 2.01. The first-order chi connectivity index (χ1) is 6.21. The zero-order valence-corrected chi connectivity index (χ0v) is 10.2. The van der Waals surface area contributed by atoms with E-state index in [0.717, 1.165) is 5.69 Å². The third-order valence-corrected chi connectivity index (χ3v) is 2.40. The molecule has 0 amide bonds. The monoisotopic (exact) mass is 191 g/mol. The van der Waals surface area contributed by atoms with Crippen molar-refractivity contribution in [3.05, 3.63) is 29.6 Å². The van der Waals surface area contributed by atoms with Gasteiger partial charge in [-0.25, -0.2) is 0 Å². The lowest BCUT2D eigenvalue weighted by molar-refractivity contribution is 0.556. The molecular weight excluding hydrogens is 170 g/mol. The van der Waals surface area contributed by atoms with Gasteiger partial charge in [-0.05, 0) is 17.0 Å². The molecule has 0 aliphatic carbocycles. The fourth-order valence-corrected chi connectivity index (χ4v) is 1.28. The van der Waals surface area contributed by atoms with Crippen molar-refractivity contribution in [3.8, 4) is 0 Å². The zero-order valence-electron chi connectivity index (χ0n) is 10.2. The molecule has 1 aromatic rings. The van der Waals surface area contributed by atoms with Crippen LogP contribution in [-0.4, -0.2) is 4.98 Å². The Hall–Kier alpha value is -0.850. The molecule has 0 radical (unpaired) electrons. The lowest BCUT2D eigenvalue weighted by Crippen LogP contribution is -2.16. The Morgan fingerprint density at radius 1 is 0.857 bits per heavy atom. The summed E-state index contributed by atoms with van der Waals surface area (Å²) in [5.41, 5.74) is 2.80. The molecule has 0 aromatic carbocycles. The molecule has 0 atom stereocenters. The van der Waals surface area contributed by atoms with Gasteiger partial charge >= 0.3 is 0 Å². The highest BCUT2D eigenvalue weighted by Crippen LogP contribution is 2.24. The first-order valence-electron chi connectivity index (χ1n) is 5.18. The smallest absolute Gasteiger partial charge is 0.0457 e. The van der Waals surface area contributed by atoms with Crippen LogP contribution in [0.5, 0.6) is 0 Å². The van der Waals surface area contributed by atoms with E-state index in [4.69, 9.17) is 0 Å². The number of hydrogen-bond acceptors (Lipinski definition) is 1. The van der Waals surface area contributed by atoms with Crippen LogP contribution in [0.1, 0.15) is 52.8 Å². The van der Waals surface area contributed by atoms with Crippen LogP contribution < -0.4 is 0 Å². The average molecular weight is 191 g/mol. The van der Waals surface area contributed by atoms with Crippen LogP contribution >= 0.6 is 0 Å². The van der Waals surface area contributed by atoms with E-state index in [2.05, 4.69) is 58.7 Å². The van der Waals surface area contributed by atoms with Crippen molar-refractivity contribution >= 4 is 0 Å². The molecule has 1 nitrogen and oxygen atoms in total. The van der Waals surface area contributed by atoms with E-state index in [0.29, 0.717) is 0 Å². The summed E-state index contributed by atoms with van der Waals surface area (Å²) in [6, 6.07) is 4.33. The molecule has 0 aliphatic heterocycles. The largest absolute Gasteiger partial charge is 0.260 e. The molecule has 78 valence electrons. The molecule has 14 heavy (non-hydrogen) atoms. The first-order valence-corrected chi connectivity index (χ1v) is 5.18. The highest BCUT2D eigenvalue weighted by Gasteiger charge is 2.18. The molecule has 1 rings (SSSR count). The summed E-state index contributed by atoms with van der Waals surface area (Å²) < 4.78 is 0. The second kappa shape index (κ2) is 3.38. The number of nitrogens with zero attached hydrogens (tertiary/aromatic N) is 1. The van der Waals surface area contributed by atoms with Crippen LogP contribution in [0.4, 0.5) is 0 Å². The Morgan fingerprint density at radius 3 is 1.71 bits per heavy atom. The summed E-state index contributed by atoms with van der Waals surface area (Å²) >= 11 is 0. The Bertz CT molecular complexity index is 262. The van der Waals surface area contributed by atoms with E-state index in [9.17, 15) is 0 Å². The first kappa shape index (κ1) is 11.2. The number of rotatable bonds is 0. The van der Waals surface area contributed by atoms with E-state index >= 15 is 0 Å². The van der Waals surface area contributed by atoms with Gasteiger partial charge in [0.1, 0.15) is 0 Å². The summed E-state index contributed by atoms with van der Waals surface area (Å²) in [5, 5.41) is 0. The summed E-state index contributed by atoms with van der Waals surface area (Å²) in [5.74, 6) is 0. The van der Waals surface area contributed by atoms with Crippen molar-refractivity contribution in [1.29, 1.82) is 0 Å². The minimum absolute atomic E-state index is 0.149. The second-order valence-electron chi connectivity index (χ2n) is 5.93. The highest BCUT2D eigenvalue weighted by atomic mass is 14.7. The molecule has 0 saturated heterocycles. The van der Waals surface area contributed by atoms with E-state index in [1.807, 2.05) is 6.20 Å². The predicted octanol–water partition coefficient (Wildman–Crippen LogP) is 3.68. The number of hydrogen-bond donors (Lipinski definition) is 0. The topological polar surface area (TPSA) is 12.9 Å². The van der Waals surface area contributed by atoms with E-state index in [1.54, 1.807) is 0 Å². The van der Waals surface area contributed by atoms with Crippen molar-refractivity contribution in [2.24, 2.45) is 0 Å². The van der Waals surface area contributed by atoms with E-state index in [1.165, 1.54) is 5.56 Å². The maximum atomic E-state index is 4.52. The molecule has 0 aliphatic rings. The molecule has 1 aromatic heterocycles. The van der Waals surface area contributed by atoms with Gasteiger partial charge in [0, 0.05) is 17.3 Å². The molecule has 1 heterocycles. The Labute approximate surface area is 87.6 Å². The fourth-order valence-electron chi connectivity index (χ4n) is 1.28. The van der Waals surface area contributed by atoms with Gasteiger partial charge in [-0.3, -0.25) is 4.98 Å². The summed E-state index contributed by atoms with van der Waals surface area (Å²) in [4.78, 5) is 4.52. The van der Waals surface area contributed by atoms with Crippen LogP contribution in [0.15, 0.2) is 18.3 Å². The summed E-state index contributed by atoms with van der Waals surface area (Å²) in [6.45, 7) is 13.2. The van der Waals surface area contributed by atoms with Crippen molar-refractivity contribution in [2.45, 2.75) is 52.4 Å². The van der Waals surface area contributed by atoms with Gasteiger partial charge in [-0.1, -0.05) is 47.6 Å². The lowest BCUT2D eigenvalue weighted by atomic mass is 9.86. The quantitative estimate of drug-likeness (QED) is 0.609. The van der Waals surface area contributed by atoms with Gasteiger partial charge in [0.05, 0.1) is 0 Å². The normalized spacial score (nSPS) is 13.0. The second-order valence-corrected chi connectivity index (χ2v) is 5.93. The third kappa shape index (κ3) is 2.57. The molecule has 0 bridgehead atoms. The Kier molecular flexibility index (Phi) is 2.71. The third-order valence-electron chi connectivity index (χ3n) is 2.40. The van der Waals surface area contributed by atoms with E-state index in [-0.39, 0.29) is 10.8 Å². The van der Waals surface area contributed by atoms with Crippen molar-refractivity contribution in [2.75, 3.05) is 0 Å². The maximum Gasteiger partial charge on any atom is 0.0457 e. The Balaban J connectivity index is 3.02. The van der Waals surface area contributed by atoms with Crippen LogP contribution in [-0.2, 0) is 10.8 Å². The standard InChI is InChI=1S/C13H21N/c1-12(2,3)10-7-8-11(14-9-10)13(4,5)6/h7-9H,1-6H3. The minimum atomic E-state index is 0.149. The van der Waals surface area contributed by atoms with E-state index < -0.39 is 0 Å². The number of pyridine rings is 1. The summed E-state index contributed by atoms with van der Waals surface area (Å²) in [6.07, 6.45) is 2.00. The zero-order chi connectivity index (χ0) is 11.0. The van der Waals surface area contributed by atoms with Crippen molar-refractivity contribution < 1.29 is 0 Å². The molecule has 0 fully saturated rings. The summed E-state index contributed by atoms with van der Waals surface area (Å²) in [7, 11) is 0. The number of aromatic nitrogens is 1. The van der Waals surface area contributed by atoms with Crippen LogP contribution in [0.3, 0.4) is 0 Å². The molecule has 0 N–H and O–H groups in total. The van der Waals surface area contributed by atoms with Crippen LogP contribution in [0.25, 0.3) is 0 Å². The molecule has 0 saturated carbocycles. The van der Waals surface area contributed by atoms with Gasteiger partial charge in [0.25, 0.3) is 0 Å². The van der Waals surface area contributed by atoms with Crippen molar-refractivity contribution in [3.63, 3.8) is 0 Å². The van der Waals surface area contributed by atoms with Crippen LogP contribution in [0, 0.1) is 0 Å². The minimum Gasteiger partial charge on any atom is -0.260 e. The van der Waals surface area contributed by atoms with Crippen molar-refractivity contribution in [1.82, 2.24) is 4.98 Å². The highest BCUT2D eigenvalue weighted by molar-refractivity contribution is 5.23.